The van der Waals surface area contributed by atoms with Gasteiger partial charge in [-0.05, 0) is 36.8 Å². The maximum absolute atomic E-state index is 9.21. The van der Waals surface area contributed by atoms with Crippen LogP contribution in [-0.2, 0) is 13.2 Å². The molecule has 0 unspecified atom stereocenters. The third-order valence-corrected chi connectivity index (χ3v) is 5.04. The fourth-order valence-corrected chi connectivity index (χ4v) is 3.60. The molecule has 29 heavy (non-hydrogen) atoms. The molecular weight excluding hydrogens is 370 g/mol. The Morgan fingerprint density at radius 1 is 1.10 bits per heavy atom. The number of aryl methyl sites for hydroxylation is 1. The fraction of sp³-hybridized carbons (Fsp3) is 0.286. The molecule has 0 fully saturated rings. The highest BCUT2D eigenvalue weighted by atomic mass is 16.5. The zero-order valence-electron chi connectivity index (χ0n) is 16.9. The molecule has 1 aliphatic rings. The molecule has 0 aromatic carbocycles. The van der Waals surface area contributed by atoms with Crippen LogP contribution in [-0.4, -0.2) is 41.3 Å². The average molecular weight is 393 g/mol. The molecule has 0 saturated heterocycles. The highest BCUT2D eigenvalue weighted by Gasteiger charge is 2.28. The van der Waals surface area contributed by atoms with Crippen molar-refractivity contribution in [2.45, 2.75) is 20.1 Å². The number of aromatic nitrogens is 3. The second kappa shape index (κ2) is 7.56. The first kappa shape index (κ1) is 18.9. The SMILES string of the molecule is COc1cc(-c2cc(C)c3c(n2)CN(c2ccc(CO)nc2)N3C)cnc1OC. The van der Waals surface area contributed by atoms with E-state index in [2.05, 4.69) is 33.0 Å². The molecule has 0 bridgehead atoms. The van der Waals surface area contributed by atoms with E-state index in [0.717, 1.165) is 33.9 Å². The summed E-state index contributed by atoms with van der Waals surface area (Å²) in [5, 5.41) is 13.4. The Morgan fingerprint density at radius 3 is 2.59 bits per heavy atom. The molecule has 3 aromatic rings. The Hall–Kier alpha value is -3.39. The predicted octanol–water partition coefficient (Wildman–Crippen LogP) is 2.73. The van der Waals surface area contributed by atoms with Gasteiger partial charge < -0.3 is 14.6 Å². The molecule has 150 valence electrons. The van der Waals surface area contributed by atoms with E-state index in [1.165, 1.54) is 0 Å². The first-order valence-electron chi connectivity index (χ1n) is 9.21. The van der Waals surface area contributed by atoms with Crippen LogP contribution in [0.25, 0.3) is 11.3 Å². The van der Waals surface area contributed by atoms with E-state index >= 15 is 0 Å². The van der Waals surface area contributed by atoms with Gasteiger partial charge in [0.15, 0.2) is 5.75 Å². The number of fused-ring (bicyclic) bond motifs is 1. The van der Waals surface area contributed by atoms with Crippen LogP contribution in [0.1, 0.15) is 17.0 Å². The van der Waals surface area contributed by atoms with Crippen molar-refractivity contribution in [2.24, 2.45) is 0 Å². The predicted molar refractivity (Wildman–Crippen MR) is 110 cm³/mol. The summed E-state index contributed by atoms with van der Waals surface area (Å²) in [5.74, 6) is 1.01. The van der Waals surface area contributed by atoms with Gasteiger partial charge in [0.2, 0.25) is 0 Å². The summed E-state index contributed by atoms with van der Waals surface area (Å²) in [5.41, 5.74) is 6.45. The normalized spacial score (nSPS) is 12.9. The first-order chi connectivity index (χ1) is 14.0. The maximum Gasteiger partial charge on any atom is 0.256 e. The number of nitrogens with zero attached hydrogens (tertiary/aromatic N) is 5. The lowest BCUT2D eigenvalue weighted by Crippen LogP contribution is -2.34. The average Bonchev–Trinajstić information content (AvgIpc) is 3.10. The molecule has 1 N–H and O–H groups in total. The second-order valence-electron chi connectivity index (χ2n) is 6.80. The molecule has 0 radical (unpaired) electrons. The lowest BCUT2D eigenvalue weighted by Gasteiger charge is -2.28. The van der Waals surface area contributed by atoms with Crippen molar-refractivity contribution in [1.82, 2.24) is 15.0 Å². The summed E-state index contributed by atoms with van der Waals surface area (Å²) < 4.78 is 10.6. The van der Waals surface area contributed by atoms with Crippen molar-refractivity contribution in [3.8, 4) is 22.9 Å². The Morgan fingerprint density at radius 2 is 1.93 bits per heavy atom. The Labute approximate surface area is 169 Å². The molecule has 4 rings (SSSR count). The minimum absolute atomic E-state index is 0.0697. The van der Waals surface area contributed by atoms with Crippen molar-refractivity contribution in [3.63, 3.8) is 0 Å². The Kier molecular flexibility index (Phi) is 4.94. The molecule has 0 amide bonds. The third-order valence-electron chi connectivity index (χ3n) is 5.04. The molecule has 3 aromatic heterocycles. The summed E-state index contributed by atoms with van der Waals surface area (Å²) in [6.45, 7) is 2.63. The van der Waals surface area contributed by atoms with Crippen molar-refractivity contribution < 1.29 is 14.6 Å². The Balaban J connectivity index is 1.70. The molecular formula is C21H23N5O3. The van der Waals surface area contributed by atoms with E-state index in [1.807, 2.05) is 25.2 Å². The molecule has 0 spiro atoms. The summed E-state index contributed by atoms with van der Waals surface area (Å²) >= 11 is 0. The van der Waals surface area contributed by atoms with Gasteiger partial charge >= 0.3 is 0 Å². The summed E-state index contributed by atoms with van der Waals surface area (Å²) in [6, 6.07) is 7.71. The van der Waals surface area contributed by atoms with Crippen LogP contribution in [0, 0.1) is 6.92 Å². The number of hydrogen-bond acceptors (Lipinski definition) is 8. The molecule has 0 atom stereocenters. The number of rotatable bonds is 5. The van der Waals surface area contributed by atoms with Crippen molar-refractivity contribution in [3.05, 3.63) is 53.6 Å². The molecule has 0 aliphatic carbocycles. The van der Waals surface area contributed by atoms with Crippen molar-refractivity contribution in [1.29, 1.82) is 0 Å². The zero-order valence-corrected chi connectivity index (χ0v) is 16.9. The van der Waals surface area contributed by atoms with Crippen LogP contribution in [0.3, 0.4) is 0 Å². The van der Waals surface area contributed by atoms with Gasteiger partial charge in [0.25, 0.3) is 5.88 Å². The Bertz CT molecular complexity index is 1040. The quantitative estimate of drug-likeness (QED) is 0.708. The highest BCUT2D eigenvalue weighted by molar-refractivity contribution is 5.72. The van der Waals surface area contributed by atoms with E-state index in [1.54, 1.807) is 26.6 Å². The molecule has 0 saturated carbocycles. The number of aliphatic hydroxyl groups is 1. The van der Waals surface area contributed by atoms with Gasteiger partial charge in [0, 0.05) is 18.8 Å². The number of anilines is 2. The minimum atomic E-state index is -0.0697. The lowest BCUT2D eigenvalue weighted by molar-refractivity contribution is 0.277. The van der Waals surface area contributed by atoms with Gasteiger partial charge in [-0.3, -0.25) is 15.0 Å². The molecule has 8 heteroatoms. The number of pyridine rings is 3. The van der Waals surface area contributed by atoms with Gasteiger partial charge in [-0.2, -0.15) is 0 Å². The maximum atomic E-state index is 9.21. The van der Waals surface area contributed by atoms with Crippen molar-refractivity contribution in [2.75, 3.05) is 31.3 Å². The van der Waals surface area contributed by atoms with Gasteiger partial charge in [-0.25, -0.2) is 9.97 Å². The van der Waals surface area contributed by atoms with E-state index in [9.17, 15) is 5.11 Å². The first-order valence-corrected chi connectivity index (χ1v) is 9.21. The van der Waals surface area contributed by atoms with Gasteiger partial charge in [-0.1, -0.05) is 0 Å². The minimum Gasteiger partial charge on any atom is -0.491 e. The topological polar surface area (TPSA) is 83.8 Å². The van der Waals surface area contributed by atoms with Gasteiger partial charge in [0.1, 0.15) is 0 Å². The fourth-order valence-electron chi connectivity index (χ4n) is 3.60. The number of hydrogen-bond donors (Lipinski definition) is 1. The van der Waals surface area contributed by atoms with E-state index in [0.29, 0.717) is 23.9 Å². The summed E-state index contributed by atoms with van der Waals surface area (Å²) in [7, 11) is 5.17. The van der Waals surface area contributed by atoms with E-state index < -0.39 is 0 Å². The van der Waals surface area contributed by atoms with E-state index in [4.69, 9.17) is 14.5 Å². The van der Waals surface area contributed by atoms with Crippen LogP contribution < -0.4 is 19.5 Å². The van der Waals surface area contributed by atoms with Crippen LogP contribution in [0.4, 0.5) is 11.4 Å². The van der Waals surface area contributed by atoms with Crippen LogP contribution in [0.2, 0.25) is 0 Å². The van der Waals surface area contributed by atoms with E-state index in [-0.39, 0.29) is 6.61 Å². The monoisotopic (exact) mass is 393 g/mol. The number of ether oxygens (including phenoxy) is 2. The third kappa shape index (κ3) is 3.31. The zero-order chi connectivity index (χ0) is 20.5. The highest BCUT2D eigenvalue weighted by Crippen LogP contribution is 2.38. The summed E-state index contributed by atoms with van der Waals surface area (Å²) in [6.07, 6.45) is 3.51. The number of hydrazine groups is 1. The van der Waals surface area contributed by atoms with Gasteiger partial charge in [-0.15, -0.1) is 0 Å². The second-order valence-corrected chi connectivity index (χ2v) is 6.80. The smallest absolute Gasteiger partial charge is 0.256 e. The van der Waals surface area contributed by atoms with Crippen molar-refractivity contribution >= 4 is 11.4 Å². The molecule has 4 heterocycles. The standard InChI is InChI=1S/C21H23N5O3/c1-13-7-17(14-8-19(28-3)21(29-4)23-9-14)24-18-11-26(25(2)20(13)18)16-6-5-15(12-27)22-10-16/h5-10,27H,11-12H2,1-4H3. The van der Waals surface area contributed by atoms with Crippen LogP contribution in [0.5, 0.6) is 11.6 Å². The molecule has 8 nitrogen and oxygen atoms in total. The summed E-state index contributed by atoms with van der Waals surface area (Å²) in [4.78, 5) is 13.5. The van der Waals surface area contributed by atoms with Gasteiger partial charge in [0.05, 0.1) is 62.0 Å². The number of aliphatic hydroxyl groups excluding tert-OH is 1. The molecule has 1 aliphatic heterocycles. The van der Waals surface area contributed by atoms with Crippen LogP contribution >= 0.6 is 0 Å². The lowest BCUT2D eigenvalue weighted by atomic mass is 10.1. The van der Waals surface area contributed by atoms with Crippen LogP contribution in [0.15, 0.2) is 36.7 Å². The number of methoxy groups -OCH3 is 2. The largest absolute Gasteiger partial charge is 0.491 e.